The maximum atomic E-state index is 12.8. The summed E-state index contributed by atoms with van der Waals surface area (Å²) in [6, 6.07) is 15.5. The molecule has 0 saturated carbocycles. The van der Waals surface area contributed by atoms with E-state index in [4.69, 9.17) is 4.74 Å². The van der Waals surface area contributed by atoms with Gasteiger partial charge in [-0.25, -0.2) is 5.43 Å². The Hall–Kier alpha value is -5.04. The van der Waals surface area contributed by atoms with Crippen LogP contribution in [-0.4, -0.2) is 34.0 Å². The minimum Gasteiger partial charge on any atom is -0.497 e. The lowest BCUT2D eigenvalue weighted by atomic mass is 10.1. The van der Waals surface area contributed by atoms with Crippen molar-refractivity contribution < 1.29 is 9.53 Å². The molecule has 174 valence electrons. The number of ether oxygens (including phenoxy) is 1. The first-order chi connectivity index (χ1) is 16.8. The zero-order chi connectivity index (χ0) is 25.1. The van der Waals surface area contributed by atoms with E-state index in [9.17, 15) is 19.6 Å². The smallest absolute Gasteiger partial charge is 0.292 e. The van der Waals surface area contributed by atoms with Crippen molar-refractivity contribution in [3.63, 3.8) is 0 Å². The zero-order valence-corrected chi connectivity index (χ0v) is 19.1. The number of carbonyl (C=O) groups excluding carboxylic acids is 1. The molecule has 4 rings (SSSR count). The number of aryl methyl sites for hydroxylation is 1. The van der Waals surface area contributed by atoms with Crippen LogP contribution in [-0.2, 0) is 0 Å². The monoisotopic (exact) mass is 468 g/mol. The number of hydrogen-bond acceptors (Lipinski definition) is 7. The molecule has 0 radical (unpaired) electrons. The van der Waals surface area contributed by atoms with Gasteiger partial charge < -0.3 is 9.72 Å². The molecular formula is C25H20N6O4. The Morgan fingerprint density at radius 2 is 1.91 bits per heavy atom. The summed E-state index contributed by atoms with van der Waals surface area (Å²) in [6.07, 6.45) is 1.22. The number of pyridine rings is 1. The van der Waals surface area contributed by atoms with E-state index in [0.29, 0.717) is 17.0 Å². The molecule has 4 aromatic rings. The van der Waals surface area contributed by atoms with E-state index < -0.39 is 11.5 Å². The molecule has 10 heteroatoms. The molecule has 2 aromatic carbocycles. The van der Waals surface area contributed by atoms with Crippen LogP contribution in [0.4, 0.5) is 0 Å². The third-order valence-electron chi connectivity index (χ3n) is 5.38. The molecule has 0 bridgehead atoms. The Balaban J connectivity index is 1.66. The first kappa shape index (κ1) is 23.1. The first-order valence-electron chi connectivity index (χ1n) is 10.5. The lowest BCUT2D eigenvalue weighted by molar-refractivity contribution is 0.0947. The molecule has 0 fully saturated rings. The summed E-state index contributed by atoms with van der Waals surface area (Å²) in [4.78, 5) is 40.7. The predicted molar refractivity (Wildman–Crippen MR) is 130 cm³/mol. The van der Waals surface area contributed by atoms with Crippen molar-refractivity contribution in [1.29, 1.82) is 5.26 Å². The van der Waals surface area contributed by atoms with Crippen molar-refractivity contribution in [2.45, 2.75) is 13.8 Å². The van der Waals surface area contributed by atoms with Crippen LogP contribution in [0, 0.1) is 25.2 Å². The van der Waals surface area contributed by atoms with Crippen molar-refractivity contribution in [2.75, 3.05) is 7.11 Å². The minimum absolute atomic E-state index is 0.119. The molecule has 0 aliphatic heterocycles. The van der Waals surface area contributed by atoms with Gasteiger partial charge in [0, 0.05) is 11.1 Å². The molecular weight excluding hydrogens is 448 g/mol. The molecule has 2 heterocycles. The first-order valence-corrected chi connectivity index (χ1v) is 10.5. The van der Waals surface area contributed by atoms with Gasteiger partial charge in [-0.15, -0.1) is 0 Å². The fourth-order valence-corrected chi connectivity index (χ4v) is 3.50. The Morgan fingerprint density at radius 3 is 2.60 bits per heavy atom. The standard InChI is InChI=1S/C25H20N6O4/c1-14-4-9-21-16(10-14)11-17(23(32)28-21)13-27-29-24(33)22-15(2)20(12-26)25(34)31(30-22)18-5-7-19(35-3)8-6-18/h4-11,13H,1-3H3,(H,28,32)(H,29,33)/b27-13+. The second-order valence-corrected chi connectivity index (χ2v) is 7.72. The highest BCUT2D eigenvalue weighted by Gasteiger charge is 2.20. The summed E-state index contributed by atoms with van der Waals surface area (Å²) in [5, 5.41) is 18.4. The molecule has 1 amide bonds. The molecule has 35 heavy (non-hydrogen) atoms. The van der Waals surface area contributed by atoms with Gasteiger partial charge in [0.1, 0.15) is 17.4 Å². The normalized spacial score (nSPS) is 10.9. The number of hydrazone groups is 1. The third kappa shape index (κ3) is 4.56. The maximum absolute atomic E-state index is 12.8. The summed E-state index contributed by atoms with van der Waals surface area (Å²) in [6.45, 7) is 3.40. The van der Waals surface area contributed by atoms with Gasteiger partial charge >= 0.3 is 0 Å². The second kappa shape index (κ2) is 9.44. The number of H-pyrrole nitrogens is 1. The SMILES string of the molecule is COc1ccc(-n2nc(C(=O)N/N=C/c3cc4cc(C)ccc4[nH]c3=O)c(C)c(C#N)c2=O)cc1. The zero-order valence-electron chi connectivity index (χ0n) is 19.1. The predicted octanol–water partition coefficient (Wildman–Crippen LogP) is 2.34. The lowest BCUT2D eigenvalue weighted by Gasteiger charge is -2.11. The molecule has 0 saturated heterocycles. The number of methoxy groups -OCH3 is 1. The summed E-state index contributed by atoms with van der Waals surface area (Å²) < 4.78 is 6.09. The number of carbonyl (C=O) groups is 1. The molecule has 2 aromatic heterocycles. The quantitative estimate of drug-likeness (QED) is 0.340. The highest BCUT2D eigenvalue weighted by Crippen LogP contribution is 2.15. The van der Waals surface area contributed by atoms with Crippen molar-refractivity contribution >= 4 is 23.0 Å². The summed E-state index contributed by atoms with van der Waals surface area (Å²) >= 11 is 0. The van der Waals surface area contributed by atoms with Crippen molar-refractivity contribution in [3.05, 3.63) is 97.2 Å². The van der Waals surface area contributed by atoms with Crippen LogP contribution in [0.1, 0.15) is 32.7 Å². The van der Waals surface area contributed by atoms with Crippen LogP contribution in [0.25, 0.3) is 16.6 Å². The summed E-state index contributed by atoms with van der Waals surface area (Å²) in [5.74, 6) is -0.175. The Morgan fingerprint density at radius 1 is 1.17 bits per heavy atom. The van der Waals surface area contributed by atoms with Gasteiger partial charge in [-0.2, -0.15) is 20.1 Å². The van der Waals surface area contributed by atoms with Crippen LogP contribution in [0.5, 0.6) is 5.75 Å². The number of nitriles is 1. The number of benzene rings is 2. The third-order valence-corrected chi connectivity index (χ3v) is 5.38. The molecule has 0 atom stereocenters. The van der Waals surface area contributed by atoms with Gasteiger partial charge in [0.2, 0.25) is 0 Å². The number of fused-ring (bicyclic) bond motifs is 1. The van der Waals surface area contributed by atoms with Crippen LogP contribution in [0.3, 0.4) is 0 Å². The maximum Gasteiger partial charge on any atom is 0.292 e. The number of aromatic nitrogens is 3. The summed E-state index contributed by atoms with van der Waals surface area (Å²) in [7, 11) is 1.51. The van der Waals surface area contributed by atoms with E-state index in [1.807, 2.05) is 31.2 Å². The molecule has 0 unspecified atom stereocenters. The molecule has 0 aliphatic carbocycles. The van der Waals surface area contributed by atoms with Gasteiger partial charge in [-0.05, 0) is 61.7 Å². The number of aromatic amines is 1. The molecule has 2 N–H and O–H groups in total. The lowest BCUT2D eigenvalue weighted by Crippen LogP contribution is -2.31. The van der Waals surface area contributed by atoms with Gasteiger partial charge in [0.15, 0.2) is 5.69 Å². The fraction of sp³-hybridized carbons (Fsp3) is 0.120. The molecule has 10 nitrogen and oxygen atoms in total. The van der Waals surface area contributed by atoms with Crippen LogP contribution >= 0.6 is 0 Å². The topological polar surface area (TPSA) is 142 Å². The Labute approximate surface area is 199 Å². The highest BCUT2D eigenvalue weighted by atomic mass is 16.5. The average molecular weight is 468 g/mol. The van der Waals surface area contributed by atoms with E-state index in [1.165, 1.54) is 20.2 Å². The van der Waals surface area contributed by atoms with E-state index in [2.05, 4.69) is 20.6 Å². The number of hydrogen-bond donors (Lipinski definition) is 2. The summed E-state index contributed by atoms with van der Waals surface area (Å²) in [5.41, 5.74) is 3.35. The van der Waals surface area contributed by atoms with E-state index >= 15 is 0 Å². The Kier molecular flexibility index (Phi) is 6.24. The van der Waals surface area contributed by atoms with Gasteiger partial charge in [0.05, 0.1) is 24.6 Å². The van der Waals surface area contributed by atoms with Gasteiger partial charge in [-0.1, -0.05) is 11.6 Å². The van der Waals surface area contributed by atoms with Crippen molar-refractivity contribution in [3.8, 4) is 17.5 Å². The number of nitrogens with one attached hydrogen (secondary N) is 2. The van der Waals surface area contributed by atoms with Crippen LogP contribution in [0.2, 0.25) is 0 Å². The highest BCUT2D eigenvalue weighted by molar-refractivity contribution is 5.95. The largest absolute Gasteiger partial charge is 0.497 e. The van der Waals surface area contributed by atoms with E-state index in [-0.39, 0.29) is 27.9 Å². The minimum atomic E-state index is -0.745. The van der Waals surface area contributed by atoms with Crippen LogP contribution in [0.15, 0.2) is 63.2 Å². The van der Waals surface area contributed by atoms with Gasteiger partial charge in [0.25, 0.3) is 17.0 Å². The second-order valence-electron chi connectivity index (χ2n) is 7.72. The van der Waals surface area contributed by atoms with Crippen molar-refractivity contribution in [1.82, 2.24) is 20.2 Å². The fourth-order valence-electron chi connectivity index (χ4n) is 3.50. The van der Waals surface area contributed by atoms with Crippen molar-refractivity contribution in [2.24, 2.45) is 5.10 Å². The Bertz CT molecular complexity index is 1640. The number of amides is 1. The number of rotatable bonds is 5. The molecule has 0 spiro atoms. The van der Waals surface area contributed by atoms with E-state index in [1.54, 1.807) is 30.3 Å². The van der Waals surface area contributed by atoms with E-state index in [0.717, 1.165) is 15.6 Å². The van der Waals surface area contributed by atoms with Gasteiger partial charge in [-0.3, -0.25) is 14.4 Å². The average Bonchev–Trinajstić information content (AvgIpc) is 2.85. The van der Waals surface area contributed by atoms with Crippen LogP contribution < -0.4 is 21.3 Å². The molecule has 0 aliphatic rings. The number of nitrogens with zero attached hydrogens (tertiary/aromatic N) is 4.